The zero-order valence-corrected chi connectivity index (χ0v) is 18.5. The Kier molecular flexibility index (Phi) is 6.76. The smallest absolute Gasteiger partial charge is 0.410 e. The van der Waals surface area contributed by atoms with Crippen LogP contribution in [0.15, 0.2) is 104 Å². The minimum atomic E-state index is -0.606. The highest BCUT2D eigenvalue weighted by molar-refractivity contribution is 8.02. The van der Waals surface area contributed by atoms with Gasteiger partial charge in [-0.2, -0.15) is 0 Å². The van der Waals surface area contributed by atoms with Gasteiger partial charge in [0.2, 0.25) is 0 Å². The third-order valence-electron chi connectivity index (χ3n) is 5.53. The number of benzene rings is 3. The molecule has 4 rings (SSSR count). The Morgan fingerprint density at radius 2 is 1.41 bits per heavy atom. The first-order chi connectivity index (χ1) is 15.6. The van der Waals surface area contributed by atoms with E-state index in [0.29, 0.717) is 6.54 Å². The summed E-state index contributed by atoms with van der Waals surface area (Å²) in [7, 11) is 0. The van der Waals surface area contributed by atoms with E-state index in [1.807, 2.05) is 54.6 Å². The predicted molar refractivity (Wildman–Crippen MR) is 129 cm³/mol. The lowest BCUT2D eigenvalue weighted by Crippen LogP contribution is -2.32. The molecule has 1 heterocycles. The van der Waals surface area contributed by atoms with E-state index in [1.165, 1.54) is 11.0 Å². The third-order valence-corrected chi connectivity index (χ3v) is 7.29. The largest absolute Gasteiger partial charge is 0.445 e. The van der Waals surface area contributed by atoms with Crippen LogP contribution in [0.2, 0.25) is 0 Å². The van der Waals surface area contributed by atoms with Crippen LogP contribution in [0.4, 0.5) is 4.79 Å². The highest BCUT2D eigenvalue weighted by atomic mass is 32.2. The SMILES string of the molecule is C=CCOC(=O)N1CC(=O)C(SC(c2ccccc2)(c2ccccc2)c2ccccc2)C1. The van der Waals surface area contributed by atoms with E-state index in [2.05, 4.69) is 43.0 Å². The maximum Gasteiger partial charge on any atom is 0.410 e. The van der Waals surface area contributed by atoms with Gasteiger partial charge in [0.15, 0.2) is 5.78 Å². The molecule has 1 saturated heterocycles. The lowest BCUT2D eigenvalue weighted by molar-refractivity contribution is -0.116. The molecule has 3 aromatic carbocycles. The Labute approximate surface area is 192 Å². The Morgan fingerprint density at radius 1 is 0.938 bits per heavy atom. The normalized spacial score (nSPS) is 16.1. The molecule has 1 amide bonds. The van der Waals surface area contributed by atoms with Gasteiger partial charge in [-0.15, -0.1) is 11.8 Å². The fourth-order valence-electron chi connectivity index (χ4n) is 4.06. The number of rotatable bonds is 7. The summed E-state index contributed by atoms with van der Waals surface area (Å²) in [6.07, 6.45) is 1.04. The van der Waals surface area contributed by atoms with Crippen molar-refractivity contribution in [1.29, 1.82) is 0 Å². The van der Waals surface area contributed by atoms with Gasteiger partial charge in [-0.25, -0.2) is 4.79 Å². The summed E-state index contributed by atoms with van der Waals surface area (Å²) in [4.78, 5) is 26.9. The lowest BCUT2D eigenvalue weighted by Gasteiger charge is -2.37. The van der Waals surface area contributed by atoms with E-state index >= 15 is 0 Å². The van der Waals surface area contributed by atoms with Crippen LogP contribution in [0.25, 0.3) is 0 Å². The molecule has 1 unspecified atom stereocenters. The van der Waals surface area contributed by atoms with Crippen molar-refractivity contribution in [2.75, 3.05) is 19.7 Å². The van der Waals surface area contributed by atoms with Crippen LogP contribution in [0.5, 0.6) is 0 Å². The van der Waals surface area contributed by atoms with Gasteiger partial charge in [-0.3, -0.25) is 9.69 Å². The second kappa shape index (κ2) is 9.88. The van der Waals surface area contributed by atoms with Gasteiger partial charge < -0.3 is 4.74 Å². The minimum absolute atomic E-state index is 0.0257. The first kappa shape index (κ1) is 21.9. The molecule has 5 heteroatoms. The summed E-state index contributed by atoms with van der Waals surface area (Å²) < 4.78 is 4.56. The van der Waals surface area contributed by atoms with Gasteiger partial charge in [-0.05, 0) is 16.7 Å². The van der Waals surface area contributed by atoms with Gasteiger partial charge in [-0.1, -0.05) is 104 Å². The molecule has 1 aliphatic heterocycles. The molecule has 1 atom stereocenters. The summed E-state index contributed by atoms with van der Waals surface area (Å²) in [6, 6.07) is 30.7. The van der Waals surface area contributed by atoms with Crippen LogP contribution in [0, 0.1) is 0 Å². The van der Waals surface area contributed by atoms with Gasteiger partial charge in [0, 0.05) is 6.54 Å². The van der Waals surface area contributed by atoms with E-state index in [0.717, 1.165) is 16.7 Å². The summed E-state index contributed by atoms with van der Waals surface area (Å²) in [5.74, 6) is 0.0257. The van der Waals surface area contributed by atoms with Crippen LogP contribution >= 0.6 is 11.8 Å². The van der Waals surface area contributed by atoms with Crippen molar-refractivity contribution in [3.8, 4) is 0 Å². The quantitative estimate of drug-likeness (QED) is 0.368. The summed E-state index contributed by atoms with van der Waals surface area (Å²) >= 11 is 1.59. The molecule has 0 aliphatic carbocycles. The highest BCUT2D eigenvalue weighted by Crippen LogP contribution is 2.51. The number of ether oxygens (including phenoxy) is 1. The van der Waals surface area contributed by atoms with Gasteiger partial charge in [0.1, 0.15) is 6.61 Å². The molecule has 0 N–H and O–H groups in total. The van der Waals surface area contributed by atoms with Crippen molar-refractivity contribution in [2.24, 2.45) is 0 Å². The van der Waals surface area contributed by atoms with Crippen molar-refractivity contribution in [2.45, 2.75) is 10.00 Å². The number of carbonyl (C=O) groups is 2. The first-order valence-corrected chi connectivity index (χ1v) is 11.4. The van der Waals surface area contributed by atoms with Crippen molar-refractivity contribution in [1.82, 2.24) is 4.90 Å². The molecular weight excluding hydrogens is 418 g/mol. The molecule has 0 spiro atoms. The number of likely N-dealkylation sites (tertiary alicyclic amines) is 1. The van der Waals surface area contributed by atoms with Crippen molar-refractivity contribution >= 4 is 23.6 Å². The number of amides is 1. The first-order valence-electron chi connectivity index (χ1n) is 10.5. The van der Waals surface area contributed by atoms with Crippen molar-refractivity contribution in [3.63, 3.8) is 0 Å². The van der Waals surface area contributed by atoms with E-state index in [-0.39, 0.29) is 24.2 Å². The summed E-state index contributed by atoms with van der Waals surface area (Å²) in [5, 5.41) is -0.383. The number of hydrogen-bond donors (Lipinski definition) is 0. The average molecular weight is 444 g/mol. The van der Waals surface area contributed by atoms with Crippen LogP contribution in [0.3, 0.4) is 0 Å². The van der Waals surface area contributed by atoms with E-state index in [4.69, 9.17) is 4.74 Å². The predicted octanol–water partition coefficient (Wildman–Crippen LogP) is 5.29. The highest BCUT2D eigenvalue weighted by Gasteiger charge is 2.44. The number of hydrogen-bond acceptors (Lipinski definition) is 4. The topological polar surface area (TPSA) is 46.6 Å². The molecule has 3 aromatic rings. The van der Waals surface area contributed by atoms with Crippen LogP contribution in [-0.4, -0.2) is 41.7 Å². The van der Waals surface area contributed by atoms with Gasteiger partial charge in [0.25, 0.3) is 0 Å². The maximum atomic E-state index is 13.0. The fraction of sp³-hybridized carbons (Fsp3) is 0.185. The van der Waals surface area contributed by atoms with Gasteiger partial charge >= 0.3 is 6.09 Å². The molecule has 0 saturated carbocycles. The Bertz CT molecular complexity index is 973. The molecule has 0 aromatic heterocycles. The Morgan fingerprint density at radius 3 is 1.84 bits per heavy atom. The second-order valence-electron chi connectivity index (χ2n) is 7.60. The van der Waals surface area contributed by atoms with Crippen molar-refractivity contribution < 1.29 is 14.3 Å². The zero-order valence-electron chi connectivity index (χ0n) is 17.7. The molecule has 32 heavy (non-hydrogen) atoms. The number of Topliss-reactive ketones (excluding diaryl/α,β-unsaturated/α-hetero) is 1. The zero-order chi connectivity index (χ0) is 22.4. The summed E-state index contributed by atoms with van der Waals surface area (Å²) in [6.45, 7) is 4.07. The lowest BCUT2D eigenvalue weighted by atomic mass is 9.84. The second-order valence-corrected chi connectivity index (χ2v) is 9.02. The van der Waals surface area contributed by atoms with Crippen LogP contribution < -0.4 is 0 Å². The molecule has 0 radical (unpaired) electrons. The monoisotopic (exact) mass is 443 g/mol. The maximum absolute atomic E-state index is 13.0. The van der Waals surface area contributed by atoms with E-state index < -0.39 is 10.8 Å². The van der Waals surface area contributed by atoms with E-state index in [9.17, 15) is 9.59 Å². The Balaban J connectivity index is 1.78. The number of thioether (sulfide) groups is 1. The third kappa shape index (κ3) is 4.34. The van der Waals surface area contributed by atoms with E-state index in [1.54, 1.807) is 11.8 Å². The van der Waals surface area contributed by atoms with Crippen LogP contribution in [0.1, 0.15) is 16.7 Å². The number of ketones is 1. The molecule has 1 fully saturated rings. The summed E-state index contributed by atoms with van der Waals surface area (Å²) in [5.41, 5.74) is 3.26. The Hall–Kier alpha value is -3.31. The molecule has 162 valence electrons. The fourth-order valence-corrected chi connectivity index (χ4v) is 5.76. The standard InChI is InChI=1S/C27H25NO3S/c1-2-18-31-26(30)28-19-24(29)25(20-28)32-27(21-12-6-3-7-13-21,22-14-8-4-9-15-22)23-16-10-5-11-17-23/h2-17,25H,1,18-20H2. The number of nitrogens with zero attached hydrogens (tertiary/aromatic N) is 1. The van der Waals surface area contributed by atoms with Crippen molar-refractivity contribution in [3.05, 3.63) is 120 Å². The minimum Gasteiger partial charge on any atom is -0.445 e. The molecular formula is C27H25NO3S. The van der Waals surface area contributed by atoms with Crippen LogP contribution in [-0.2, 0) is 14.3 Å². The average Bonchev–Trinajstić information content (AvgIpc) is 3.22. The number of carbonyl (C=O) groups excluding carboxylic acids is 2. The molecule has 0 bridgehead atoms. The van der Waals surface area contributed by atoms with Gasteiger partial charge in [0.05, 0.1) is 16.5 Å². The molecule has 4 nitrogen and oxygen atoms in total. The molecule has 1 aliphatic rings.